The Kier molecular flexibility index (Phi) is 3.69. The average molecular weight is 334 g/mol. The summed E-state index contributed by atoms with van der Waals surface area (Å²) in [7, 11) is 0. The molecule has 5 nitrogen and oxygen atoms in total. The maximum Gasteiger partial charge on any atom is 0.259 e. The van der Waals surface area contributed by atoms with Gasteiger partial charge in [-0.1, -0.05) is 18.7 Å². The molecular weight excluding hydrogens is 316 g/mol. The average Bonchev–Trinajstić information content (AvgIpc) is 3.11. The van der Waals surface area contributed by atoms with Crippen LogP contribution in [0.4, 0.5) is 0 Å². The van der Waals surface area contributed by atoms with Gasteiger partial charge in [-0.3, -0.25) is 9.79 Å². The van der Waals surface area contributed by atoms with Gasteiger partial charge in [-0.2, -0.15) is 0 Å². The van der Waals surface area contributed by atoms with Crippen LogP contribution in [0.25, 0.3) is 10.2 Å². The van der Waals surface area contributed by atoms with Crippen LogP contribution >= 0.6 is 23.1 Å². The molecule has 7 heteroatoms. The molecule has 3 heterocycles. The molecule has 116 valence electrons. The number of hydrogen-bond acceptors (Lipinski definition) is 6. The molecule has 1 atom stereocenters. The van der Waals surface area contributed by atoms with Gasteiger partial charge >= 0.3 is 0 Å². The second kappa shape index (κ2) is 5.70. The third-order valence-corrected chi connectivity index (χ3v) is 6.32. The number of nitrogens with one attached hydrogen (secondary N) is 2. The number of fused-ring (bicyclic) bond motifs is 3. The minimum absolute atomic E-state index is 0.0222. The fourth-order valence-electron chi connectivity index (χ4n) is 3.07. The van der Waals surface area contributed by atoms with Crippen molar-refractivity contribution >= 4 is 38.5 Å². The Morgan fingerprint density at radius 1 is 1.45 bits per heavy atom. The van der Waals surface area contributed by atoms with Gasteiger partial charge in [0.2, 0.25) is 0 Å². The molecule has 2 aromatic rings. The van der Waals surface area contributed by atoms with Gasteiger partial charge in [0.1, 0.15) is 10.7 Å². The number of nitrogens with zero attached hydrogens (tertiary/aromatic N) is 2. The van der Waals surface area contributed by atoms with Crippen molar-refractivity contribution in [3.63, 3.8) is 0 Å². The highest BCUT2D eigenvalue weighted by Gasteiger charge is 2.23. The quantitative estimate of drug-likeness (QED) is 0.884. The highest BCUT2D eigenvalue weighted by Crippen LogP contribution is 2.35. The van der Waals surface area contributed by atoms with E-state index in [1.807, 2.05) is 0 Å². The lowest BCUT2D eigenvalue weighted by atomic mass is 9.89. The summed E-state index contributed by atoms with van der Waals surface area (Å²) < 4.78 is 0. The maximum atomic E-state index is 12.5. The summed E-state index contributed by atoms with van der Waals surface area (Å²) in [6, 6.07) is 0. The van der Waals surface area contributed by atoms with Crippen LogP contribution in [0.15, 0.2) is 9.79 Å². The van der Waals surface area contributed by atoms with Crippen molar-refractivity contribution in [3.05, 3.63) is 26.6 Å². The molecule has 1 aliphatic carbocycles. The second-order valence-electron chi connectivity index (χ2n) is 5.95. The van der Waals surface area contributed by atoms with Crippen molar-refractivity contribution in [2.75, 3.05) is 13.1 Å². The highest BCUT2D eigenvalue weighted by molar-refractivity contribution is 8.13. The molecule has 0 unspecified atom stereocenters. The first-order chi connectivity index (χ1) is 10.7. The van der Waals surface area contributed by atoms with E-state index in [1.54, 1.807) is 23.1 Å². The molecule has 0 bridgehead atoms. The number of aromatic nitrogens is 2. The van der Waals surface area contributed by atoms with Crippen LogP contribution in [0.1, 0.15) is 29.6 Å². The van der Waals surface area contributed by atoms with Crippen LogP contribution in [0, 0.1) is 5.92 Å². The molecular formula is C15H18N4OS2. The number of thioether (sulfide) groups is 1. The normalized spacial score (nSPS) is 20.8. The van der Waals surface area contributed by atoms with Gasteiger partial charge in [-0.05, 0) is 30.7 Å². The monoisotopic (exact) mass is 334 g/mol. The molecule has 4 rings (SSSR count). The van der Waals surface area contributed by atoms with Gasteiger partial charge in [0.05, 0.1) is 17.7 Å². The number of hydrogen-bond donors (Lipinski definition) is 2. The molecule has 0 saturated heterocycles. The molecule has 0 aromatic carbocycles. The summed E-state index contributed by atoms with van der Waals surface area (Å²) in [5.74, 6) is 2.10. The fourth-order valence-corrected chi connectivity index (χ4v) is 5.27. The van der Waals surface area contributed by atoms with Crippen LogP contribution in [-0.2, 0) is 18.6 Å². The van der Waals surface area contributed by atoms with E-state index in [4.69, 9.17) is 0 Å². The van der Waals surface area contributed by atoms with Gasteiger partial charge in [0.15, 0.2) is 5.17 Å². The molecule has 0 spiro atoms. The number of thiophene rings is 1. The van der Waals surface area contributed by atoms with Gasteiger partial charge in [0.25, 0.3) is 5.56 Å². The van der Waals surface area contributed by atoms with Crippen LogP contribution in [0.2, 0.25) is 0 Å². The summed E-state index contributed by atoms with van der Waals surface area (Å²) >= 11 is 3.30. The number of aromatic amines is 1. The lowest BCUT2D eigenvalue weighted by molar-refractivity contribution is 0.509. The Morgan fingerprint density at radius 3 is 3.18 bits per heavy atom. The number of amidine groups is 1. The minimum Gasteiger partial charge on any atom is -0.363 e. The Hall–Kier alpha value is -1.34. The predicted molar refractivity (Wildman–Crippen MR) is 93.0 cm³/mol. The molecule has 22 heavy (non-hydrogen) atoms. The van der Waals surface area contributed by atoms with E-state index in [-0.39, 0.29) is 5.56 Å². The van der Waals surface area contributed by atoms with E-state index in [2.05, 4.69) is 27.2 Å². The van der Waals surface area contributed by atoms with Crippen molar-refractivity contribution in [2.24, 2.45) is 10.9 Å². The van der Waals surface area contributed by atoms with E-state index in [0.717, 1.165) is 47.1 Å². The SMILES string of the molecule is C[C@@H]1CCc2c(sc3nc(CSC4=NCCN4)[nH]c(=O)c23)C1. The smallest absolute Gasteiger partial charge is 0.259 e. The minimum atomic E-state index is 0.0222. The summed E-state index contributed by atoms with van der Waals surface area (Å²) in [6.07, 6.45) is 3.26. The molecule has 0 saturated carbocycles. The first-order valence-corrected chi connectivity index (χ1v) is 9.45. The van der Waals surface area contributed by atoms with Crippen molar-refractivity contribution in [1.82, 2.24) is 15.3 Å². The number of H-pyrrole nitrogens is 1. The van der Waals surface area contributed by atoms with E-state index in [0.29, 0.717) is 11.7 Å². The first-order valence-electron chi connectivity index (χ1n) is 7.65. The van der Waals surface area contributed by atoms with Gasteiger partial charge in [-0.15, -0.1) is 11.3 Å². The molecule has 2 N–H and O–H groups in total. The number of rotatable bonds is 2. The van der Waals surface area contributed by atoms with Crippen LogP contribution < -0.4 is 10.9 Å². The summed E-state index contributed by atoms with van der Waals surface area (Å²) in [5, 5.41) is 5.00. The fraction of sp³-hybridized carbons (Fsp3) is 0.533. The Morgan fingerprint density at radius 2 is 2.36 bits per heavy atom. The summed E-state index contributed by atoms with van der Waals surface area (Å²) in [5.41, 5.74) is 1.27. The van der Waals surface area contributed by atoms with Gasteiger partial charge < -0.3 is 10.3 Å². The zero-order chi connectivity index (χ0) is 15.1. The number of aryl methyl sites for hydroxylation is 1. The van der Waals surface area contributed by atoms with Crippen molar-refractivity contribution in [2.45, 2.75) is 31.9 Å². The second-order valence-corrected chi connectivity index (χ2v) is 7.99. The van der Waals surface area contributed by atoms with E-state index >= 15 is 0 Å². The topological polar surface area (TPSA) is 70.1 Å². The highest BCUT2D eigenvalue weighted by atomic mass is 32.2. The third kappa shape index (κ3) is 2.56. The molecule has 2 aliphatic rings. The Balaban J connectivity index is 1.66. The molecule has 2 aromatic heterocycles. The zero-order valence-electron chi connectivity index (χ0n) is 12.4. The third-order valence-electron chi connectivity index (χ3n) is 4.20. The molecule has 0 radical (unpaired) electrons. The lowest BCUT2D eigenvalue weighted by Gasteiger charge is -2.17. The predicted octanol–water partition coefficient (Wildman–Crippen LogP) is 2.30. The van der Waals surface area contributed by atoms with E-state index in [9.17, 15) is 4.79 Å². The molecule has 0 amide bonds. The molecule has 0 fully saturated rings. The first kappa shape index (κ1) is 14.3. The van der Waals surface area contributed by atoms with Crippen LogP contribution in [-0.4, -0.2) is 28.2 Å². The van der Waals surface area contributed by atoms with E-state index < -0.39 is 0 Å². The number of aliphatic imine (C=N–C) groups is 1. The van der Waals surface area contributed by atoms with Crippen molar-refractivity contribution < 1.29 is 0 Å². The van der Waals surface area contributed by atoms with Crippen LogP contribution in [0.5, 0.6) is 0 Å². The molecule has 1 aliphatic heterocycles. The standard InChI is InChI=1S/C15H18N4OS2/c1-8-2-3-9-10(6-8)22-14-12(9)13(20)18-11(19-14)7-21-15-16-4-5-17-15/h8H,2-7H2,1H3,(H,16,17)(H,18,19,20)/t8-/m1/s1. The van der Waals surface area contributed by atoms with Crippen LogP contribution in [0.3, 0.4) is 0 Å². The van der Waals surface area contributed by atoms with Crippen molar-refractivity contribution in [3.8, 4) is 0 Å². The summed E-state index contributed by atoms with van der Waals surface area (Å²) in [4.78, 5) is 26.7. The van der Waals surface area contributed by atoms with Crippen molar-refractivity contribution in [1.29, 1.82) is 0 Å². The zero-order valence-corrected chi connectivity index (χ0v) is 14.1. The Labute approximate surface area is 136 Å². The summed E-state index contributed by atoms with van der Waals surface area (Å²) in [6.45, 7) is 4.02. The lowest BCUT2D eigenvalue weighted by Crippen LogP contribution is -2.17. The van der Waals surface area contributed by atoms with Gasteiger partial charge in [0, 0.05) is 11.4 Å². The van der Waals surface area contributed by atoms with E-state index in [1.165, 1.54) is 16.9 Å². The van der Waals surface area contributed by atoms with Gasteiger partial charge in [-0.25, -0.2) is 4.98 Å². The Bertz CT molecular complexity index is 808. The maximum absolute atomic E-state index is 12.5. The largest absolute Gasteiger partial charge is 0.363 e.